The minimum absolute atomic E-state index is 0.101. The molecule has 7 heteroatoms. The van der Waals surface area contributed by atoms with E-state index in [1.165, 1.54) is 0 Å². The molecule has 2 aromatic heterocycles. The van der Waals surface area contributed by atoms with Gasteiger partial charge in [0.15, 0.2) is 0 Å². The summed E-state index contributed by atoms with van der Waals surface area (Å²) in [5, 5.41) is 7.27. The van der Waals surface area contributed by atoms with E-state index in [2.05, 4.69) is 20.4 Å². The Hall–Kier alpha value is -1.28. The number of hydrogen-bond donors (Lipinski definition) is 0. The molecule has 0 bridgehead atoms. The first kappa shape index (κ1) is 16.2. The molecule has 2 fully saturated rings. The third kappa shape index (κ3) is 3.26. The van der Waals surface area contributed by atoms with Crippen molar-refractivity contribution in [3.05, 3.63) is 33.6 Å². The van der Waals surface area contributed by atoms with Gasteiger partial charge in [0, 0.05) is 42.4 Å². The van der Waals surface area contributed by atoms with E-state index < -0.39 is 0 Å². The summed E-state index contributed by atoms with van der Waals surface area (Å²) in [5.74, 6) is 1.40. The van der Waals surface area contributed by atoms with Crippen LogP contribution >= 0.6 is 11.3 Å². The molecule has 2 aromatic rings. The van der Waals surface area contributed by atoms with Gasteiger partial charge in [0.2, 0.25) is 0 Å². The Kier molecular flexibility index (Phi) is 4.42. The number of likely N-dealkylation sites (tertiary alicyclic amines) is 1. The van der Waals surface area contributed by atoms with Crippen molar-refractivity contribution in [3.63, 3.8) is 0 Å². The first-order valence-corrected chi connectivity index (χ1v) is 9.22. The Balaban J connectivity index is 1.35. The molecule has 6 nitrogen and oxygen atoms in total. The summed E-state index contributed by atoms with van der Waals surface area (Å²) in [6.45, 7) is 9.72. The van der Waals surface area contributed by atoms with E-state index in [4.69, 9.17) is 14.0 Å². The van der Waals surface area contributed by atoms with Crippen LogP contribution in [0, 0.1) is 25.2 Å². The number of ether oxygens (including phenoxy) is 2. The maximum atomic E-state index is 6.03. The average molecular weight is 349 g/mol. The second kappa shape index (κ2) is 6.55. The smallest absolute Gasteiger partial charge is 0.133 e. The Morgan fingerprint density at radius 3 is 3.08 bits per heavy atom. The molecule has 0 radical (unpaired) electrons. The summed E-state index contributed by atoms with van der Waals surface area (Å²) < 4.78 is 17.0. The van der Waals surface area contributed by atoms with Crippen molar-refractivity contribution in [1.29, 1.82) is 0 Å². The van der Waals surface area contributed by atoms with Crippen molar-refractivity contribution in [1.82, 2.24) is 15.0 Å². The molecule has 2 saturated heterocycles. The van der Waals surface area contributed by atoms with Gasteiger partial charge in [-0.2, -0.15) is 0 Å². The molecule has 4 heterocycles. The van der Waals surface area contributed by atoms with Crippen LogP contribution in [0.3, 0.4) is 0 Å². The molecule has 0 amide bonds. The van der Waals surface area contributed by atoms with E-state index in [0.717, 1.165) is 61.6 Å². The summed E-state index contributed by atoms with van der Waals surface area (Å²) in [7, 11) is 0. The number of thiazole rings is 1. The van der Waals surface area contributed by atoms with Crippen LogP contribution in [0.4, 0.5) is 0 Å². The topological polar surface area (TPSA) is 60.6 Å². The molecule has 0 aromatic carbocycles. The molecule has 2 aliphatic rings. The van der Waals surface area contributed by atoms with Crippen molar-refractivity contribution < 1.29 is 14.0 Å². The van der Waals surface area contributed by atoms with E-state index in [1.54, 1.807) is 11.3 Å². The largest absolute Gasteiger partial charge is 0.380 e. The van der Waals surface area contributed by atoms with Gasteiger partial charge >= 0.3 is 0 Å². The predicted molar refractivity (Wildman–Crippen MR) is 89.8 cm³/mol. The standard InChI is InChI=1S/C17H23N3O3S/c1-12-3-15(19-23-12)5-20-4-14-6-21-10-17(14,9-20)11-22-7-16-8-24-13(2)18-16/h3,8,14H,4-7,9-11H2,1-2H3/t14-,17+/m1/s1. The zero-order chi connectivity index (χ0) is 16.6. The second-order valence-electron chi connectivity index (χ2n) is 7.02. The minimum Gasteiger partial charge on any atom is -0.380 e. The van der Waals surface area contributed by atoms with Crippen LogP contribution in [0.1, 0.15) is 22.2 Å². The van der Waals surface area contributed by atoms with Gasteiger partial charge in [0.05, 0.1) is 42.8 Å². The second-order valence-corrected chi connectivity index (χ2v) is 8.09. The lowest BCUT2D eigenvalue weighted by Crippen LogP contribution is -2.35. The maximum Gasteiger partial charge on any atom is 0.133 e. The molecule has 0 spiro atoms. The van der Waals surface area contributed by atoms with Crippen molar-refractivity contribution in [2.24, 2.45) is 11.3 Å². The van der Waals surface area contributed by atoms with Gasteiger partial charge in [0.1, 0.15) is 5.76 Å². The summed E-state index contributed by atoms with van der Waals surface area (Å²) >= 11 is 1.67. The fourth-order valence-electron chi connectivity index (χ4n) is 3.82. The van der Waals surface area contributed by atoms with Crippen molar-refractivity contribution in [2.75, 3.05) is 32.9 Å². The Morgan fingerprint density at radius 2 is 2.33 bits per heavy atom. The first-order valence-electron chi connectivity index (χ1n) is 8.34. The van der Waals surface area contributed by atoms with Crippen LogP contribution in [0.5, 0.6) is 0 Å². The first-order chi connectivity index (χ1) is 11.6. The van der Waals surface area contributed by atoms with E-state index >= 15 is 0 Å². The summed E-state index contributed by atoms with van der Waals surface area (Å²) in [6.07, 6.45) is 0. The average Bonchev–Trinajstić information content (AvgIpc) is 3.26. The fraction of sp³-hybridized carbons (Fsp3) is 0.647. The monoisotopic (exact) mass is 349 g/mol. The molecule has 2 atom stereocenters. The normalized spacial score (nSPS) is 27.0. The van der Waals surface area contributed by atoms with Crippen LogP contribution in [0.15, 0.2) is 16.0 Å². The SMILES string of the molecule is Cc1cc(CN2C[C@@H]3COC[C@]3(COCc3csc(C)n3)C2)no1. The van der Waals surface area contributed by atoms with Crippen molar-refractivity contribution >= 4 is 11.3 Å². The van der Waals surface area contributed by atoms with E-state index in [1.807, 2.05) is 19.9 Å². The highest BCUT2D eigenvalue weighted by Crippen LogP contribution is 2.42. The molecule has 2 aliphatic heterocycles. The molecule has 130 valence electrons. The van der Waals surface area contributed by atoms with Gasteiger partial charge in [-0.25, -0.2) is 4.98 Å². The molecule has 0 unspecified atom stereocenters. The zero-order valence-electron chi connectivity index (χ0n) is 14.2. The molecule has 0 saturated carbocycles. The van der Waals surface area contributed by atoms with Crippen LogP contribution in [0.2, 0.25) is 0 Å². The van der Waals surface area contributed by atoms with Crippen LogP contribution < -0.4 is 0 Å². The lowest BCUT2D eigenvalue weighted by atomic mass is 9.82. The van der Waals surface area contributed by atoms with Gasteiger partial charge in [-0.15, -0.1) is 11.3 Å². The lowest BCUT2D eigenvalue weighted by molar-refractivity contribution is 0.0171. The van der Waals surface area contributed by atoms with Gasteiger partial charge in [-0.05, 0) is 13.8 Å². The van der Waals surface area contributed by atoms with Crippen LogP contribution in [0.25, 0.3) is 0 Å². The van der Waals surface area contributed by atoms with Crippen LogP contribution in [-0.4, -0.2) is 48.0 Å². The molecule has 4 rings (SSSR count). The van der Waals surface area contributed by atoms with Gasteiger partial charge < -0.3 is 14.0 Å². The van der Waals surface area contributed by atoms with Gasteiger partial charge in [-0.3, -0.25) is 4.90 Å². The molecular weight excluding hydrogens is 326 g/mol. The number of aromatic nitrogens is 2. The molecular formula is C17H23N3O3S. The maximum absolute atomic E-state index is 6.03. The number of hydrogen-bond acceptors (Lipinski definition) is 7. The quantitative estimate of drug-likeness (QED) is 0.798. The zero-order valence-corrected chi connectivity index (χ0v) is 15.0. The number of aryl methyl sites for hydroxylation is 2. The van der Waals surface area contributed by atoms with Gasteiger partial charge in [-0.1, -0.05) is 5.16 Å². The van der Waals surface area contributed by atoms with Crippen LogP contribution in [-0.2, 0) is 22.6 Å². The van der Waals surface area contributed by atoms with Crippen molar-refractivity contribution in [2.45, 2.75) is 27.0 Å². The predicted octanol–water partition coefficient (Wildman–Crippen LogP) is 2.41. The lowest BCUT2D eigenvalue weighted by Gasteiger charge is -2.26. The Labute approximate surface area is 145 Å². The number of rotatable bonds is 6. The van der Waals surface area contributed by atoms with Crippen molar-refractivity contribution in [3.8, 4) is 0 Å². The Bertz CT molecular complexity index is 701. The van der Waals surface area contributed by atoms with Gasteiger partial charge in [0.25, 0.3) is 0 Å². The van der Waals surface area contributed by atoms with E-state index in [-0.39, 0.29) is 5.41 Å². The Morgan fingerprint density at radius 1 is 1.42 bits per heavy atom. The van der Waals surface area contributed by atoms with E-state index in [0.29, 0.717) is 12.5 Å². The number of fused-ring (bicyclic) bond motifs is 1. The third-order valence-electron chi connectivity index (χ3n) is 4.96. The third-order valence-corrected chi connectivity index (χ3v) is 5.78. The highest BCUT2D eigenvalue weighted by Gasteiger charge is 2.50. The summed E-state index contributed by atoms with van der Waals surface area (Å²) in [6, 6.07) is 2.01. The number of nitrogens with zero attached hydrogens (tertiary/aromatic N) is 3. The minimum atomic E-state index is 0.101. The highest BCUT2D eigenvalue weighted by atomic mass is 32.1. The summed E-state index contributed by atoms with van der Waals surface area (Å²) in [4.78, 5) is 6.91. The fourth-order valence-corrected chi connectivity index (χ4v) is 4.42. The van der Waals surface area contributed by atoms with E-state index in [9.17, 15) is 0 Å². The molecule has 0 N–H and O–H groups in total. The highest BCUT2D eigenvalue weighted by molar-refractivity contribution is 7.09. The summed E-state index contributed by atoms with van der Waals surface area (Å²) in [5.41, 5.74) is 2.13. The molecule has 0 aliphatic carbocycles. The molecule has 24 heavy (non-hydrogen) atoms.